The number of hydrogen-bond acceptors (Lipinski definition) is 6. The maximum absolute atomic E-state index is 5.98. The van der Waals surface area contributed by atoms with Crippen molar-refractivity contribution in [1.29, 1.82) is 0 Å². The normalized spacial score (nSPS) is 15.9. The number of nitrogens with zero attached hydrogens (tertiary/aromatic N) is 6. The van der Waals surface area contributed by atoms with Gasteiger partial charge in [-0.05, 0) is 35.6 Å². The Labute approximate surface area is 114 Å². The molecule has 7 heteroatoms. The van der Waals surface area contributed by atoms with Crippen molar-refractivity contribution in [2.75, 3.05) is 0 Å². The van der Waals surface area contributed by atoms with Crippen LogP contribution in [0.3, 0.4) is 0 Å². The van der Waals surface area contributed by atoms with Gasteiger partial charge in [0.15, 0.2) is 0 Å². The molecule has 0 amide bonds. The Morgan fingerprint density at radius 2 is 1.84 bits per heavy atom. The monoisotopic (exact) mass is 272 g/mol. The van der Waals surface area contributed by atoms with Crippen LogP contribution in [0.4, 0.5) is 0 Å². The van der Waals surface area contributed by atoms with Gasteiger partial charge in [0.2, 0.25) is 5.66 Å². The van der Waals surface area contributed by atoms with Gasteiger partial charge in [0.1, 0.15) is 6.33 Å². The summed E-state index contributed by atoms with van der Waals surface area (Å²) in [4.78, 5) is 8.43. The summed E-state index contributed by atoms with van der Waals surface area (Å²) in [5.41, 5.74) is 1.44. The zero-order valence-corrected chi connectivity index (χ0v) is 10.8. The van der Waals surface area contributed by atoms with Crippen molar-refractivity contribution in [3.63, 3.8) is 0 Å². The Hall–Kier alpha value is -2.21. The molecular formula is C12H9ClN6. The van der Waals surface area contributed by atoms with Crippen molar-refractivity contribution in [3.05, 3.63) is 47.4 Å². The molecule has 0 N–H and O–H groups in total. The molecule has 0 aliphatic carbocycles. The highest BCUT2D eigenvalue weighted by Gasteiger charge is 2.31. The molecule has 0 saturated carbocycles. The van der Waals surface area contributed by atoms with Crippen molar-refractivity contribution in [3.8, 4) is 11.3 Å². The van der Waals surface area contributed by atoms with Gasteiger partial charge in [-0.15, -0.1) is 10.2 Å². The molecule has 0 radical (unpaired) electrons. The number of rotatable bonds is 2. The first-order chi connectivity index (χ1) is 9.17. The molecule has 0 fully saturated rings. The third kappa shape index (κ3) is 2.22. The van der Waals surface area contributed by atoms with Crippen molar-refractivity contribution >= 4 is 11.6 Å². The third-order valence-corrected chi connectivity index (χ3v) is 3.03. The fourth-order valence-electron chi connectivity index (χ4n) is 1.76. The number of aromatic nitrogens is 2. The summed E-state index contributed by atoms with van der Waals surface area (Å²) in [5.74, 6) is 0. The van der Waals surface area contributed by atoms with E-state index in [1.807, 2.05) is 30.3 Å². The van der Waals surface area contributed by atoms with E-state index in [4.69, 9.17) is 11.6 Å². The molecule has 0 atom stereocenters. The molecule has 1 aromatic carbocycles. The molecule has 0 unspecified atom stereocenters. The van der Waals surface area contributed by atoms with Gasteiger partial charge < -0.3 is 0 Å². The quantitative estimate of drug-likeness (QED) is 0.834. The first kappa shape index (κ1) is 11.9. The van der Waals surface area contributed by atoms with E-state index in [0.29, 0.717) is 10.7 Å². The van der Waals surface area contributed by atoms with E-state index in [2.05, 4.69) is 30.6 Å². The van der Waals surface area contributed by atoms with Gasteiger partial charge in [0.05, 0.1) is 11.4 Å². The molecule has 6 nitrogen and oxygen atoms in total. The molecule has 1 aliphatic heterocycles. The van der Waals surface area contributed by atoms with Crippen LogP contribution in [0.2, 0.25) is 5.02 Å². The Morgan fingerprint density at radius 1 is 1.05 bits per heavy atom. The fourth-order valence-corrected chi connectivity index (χ4v) is 1.95. The van der Waals surface area contributed by atoms with E-state index >= 15 is 0 Å². The van der Waals surface area contributed by atoms with E-state index in [1.165, 1.54) is 6.33 Å². The van der Waals surface area contributed by atoms with E-state index < -0.39 is 5.66 Å². The minimum Gasteiger partial charge on any atom is -0.237 e. The predicted molar refractivity (Wildman–Crippen MR) is 69.5 cm³/mol. The second kappa shape index (κ2) is 4.47. The lowest BCUT2D eigenvalue weighted by Gasteiger charge is -2.13. The van der Waals surface area contributed by atoms with Crippen LogP contribution in [0.15, 0.2) is 57.3 Å². The number of halogens is 1. The molecule has 0 saturated heterocycles. The Balaban J connectivity index is 2.06. The Morgan fingerprint density at radius 3 is 2.58 bits per heavy atom. The van der Waals surface area contributed by atoms with Crippen molar-refractivity contribution in [2.45, 2.75) is 12.6 Å². The first-order valence-corrected chi connectivity index (χ1v) is 5.98. The molecule has 0 spiro atoms. The molecule has 2 aromatic rings. The smallest absolute Gasteiger partial charge is 0.234 e. The van der Waals surface area contributed by atoms with E-state index in [-0.39, 0.29) is 0 Å². The van der Waals surface area contributed by atoms with Crippen molar-refractivity contribution < 1.29 is 0 Å². The molecule has 1 aliphatic rings. The maximum Gasteiger partial charge on any atom is 0.234 e. The van der Waals surface area contributed by atoms with E-state index in [9.17, 15) is 0 Å². The lowest BCUT2D eigenvalue weighted by molar-refractivity contribution is 0.500. The summed E-state index contributed by atoms with van der Waals surface area (Å²) < 4.78 is 0. The van der Waals surface area contributed by atoms with Crippen LogP contribution in [-0.2, 0) is 5.66 Å². The van der Waals surface area contributed by atoms with Crippen LogP contribution in [0.25, 0.3) is 11.3 Å². The SMILES string of the molecule is CC1(c2cc(-c3cccc(Cl)c3)ncn2)N=NN=N1. The first-order valence-electron chi connectivity index (χ1n) is 5.60. The Bertz CT molecular complexity index is 669. The van der Waals surface area contributed by atoms with Gasteiger partial charge in [-0.1, -0.05) is 23.7 Å². The van der Waals surface area contributed by atoms with E-state index in [0.717, 1.165) is 11.3 Å². The number of benzene rings is 1. The van der Waals surface area contributed by atoms with Crippen LogP contribution in [-0.4, -0.2) is 9.97 Å². The zero-order valence-electron chi connectivity index (χ0n) is 10.0. The van der Waals surface area contributed by atoms with Crippen molar-refractivity contribution in [2.24, 2.45) is 20.7 Å². The standard InChI is InChI=1S/C12H9ClN6/c1-12(16-18-19-17-12)11-6-10(14-7-15-11)8-3-2-4-9(13)5-8/h2-7H,1H3. The summed E-state index contributed by atoms with van der Waals surface area (Å²) in [6.07, 6.45) is 1.47. The van der Waals surface area contributed by atoms with Crippen LogP contribution < -0.4 is 0 Å². The molecule has 19 heavy (non-hydrogen) atoms. The second-order valence-corrected chi connectivity index (χ2v) is 4.63. The highest BCUT2D eigenvalue weighted by molar-refractivity contribution is 6.30. The van der Waals surface area contributed by atoms with Crippen LogP contribution in [0, 0.1) is 0 Å². The summed E-state index contributed by atoms with van der Waals surface area (Å²) in [6.45, 7) is 1.79. The van der Waals surface area contributed by atoms with Gasteiger partial charge in [0, 0.05) is 10.6 Å². The van der Waals surface area contributed by atoms with Crippen molar-refractivity contribution in [1.82, 2.24) is 9.97 Å². The summed E-state index contributed by atoms with van der Waals surface area (Å²) >= 11 is 5.98. The van der Waals surface area contributed by atoms with Crippen LogP contribution in [0.5, 0.6) is 0 Å². The summed E-state index contributed by atoms with van der Waals surface area (Å²) in [6, 6.07) is 9.27. The fraction of sp³-hybridized carbons (Fsp3) is 0.167. The van der Waals surface area contributed by atoms with Gasteiger partial charge in [0.25, 0.3) is 0 Å². The minimum absolute atomic E-state index is 0.641. The Kier molecular flexibility index (Phi) is 2.79. The minimum atomic E-state index is -0.865. The summed E-state index contributed by atoms with van der Waals surface area (Å²) in [5, 5.41) is 15.7. The molecule has 3 rings (SSSR count). The molecule has 0 bridgehead atoms. The maximum atomic E-state index is 5.98. The van der Waals surface area contributed by atoms with Gasteiger partial charge in [-0.3, -0.25) is 0 Å². The van der Waals surface area contributed by atoms with Crippen LogP contribution >= 0.6 is 11.6 Å². The average Bonchev–Trinajstić information content (AvgIpc) is 2.87. The van der Waals surface area contributed by atoms with Crippen LogP contribution in [0.1, 0.15) is 12.6 Å². The predicted octanol–water partition coefficient (Wildman–Crippen LogP) is 3.80. The lowest BCUT2D eigenvalue weighted by Crippen LogP contribution is -2.15. The van der Waals surface area contributed by atoms with Gasteiger partial charge >= 0.3 is 0 Å². The largest absolute Gasteiger partial charge is 0.237 e. The number of hydrogen-bond donors (Lipinski definition) is 0. The molecule has 2 heterocycles. The third-order valence-electron chi connectivity index (χ3n) is 2.79. The molecule has 1 aromatic heterocycles. The zero-order chi connectivity index (χ0) is 13.3. The lowest BCUT2D eigenvalue weighted by atomic mass is 10.1. The second-order valence-electron chi connectivity index (χ2n) is 4.20. The summed E-state index contributed by atoms with van der Waals surface area (Å²) in [7, 11) is 0. The van der Waals surface area contributed by atoms with Gasteiger partial charge in [-0.25, -0.2) is 9.97 Å². The highest BCUT2D eigenvalue weighted by atomic mass is 35.5. The molecular weight excluding hydrogens is 264 g/mol. The molecule has 94 valence electrons. The topological polar surface area (TPSA) is 75.2 Å². The average molecular weight is 273 g/mol. The van der Waals surface area contributed by atoms with Gasteiger partial charge in [-0.2, -0.15) is 0 Å². The van der Waals surface area contributed by atoms with E-state index in [1.54, 1.807) is 6.92 Å². The highest BCUT2D eigenvalue weighted by Crippen LogP contribution is 2.31.